The van der Waals surface area contributed by atoms with Gasteiger partial charge in [0.25, 0.3) is 0 Å². The number of hydrogen-bond acceptors (Lipinski definition) is 5. The van der Waals surface area contributed by atoms with Crippen LogP contribution in [0.5, 0.6) is 11.6 Å². The van der Waals surface area contributed by atoms with Crippen molar-refractivity contribution in [2.45, 2.75) is 65.9 Å². The van der Waals surface area contributed by atoms with Gasteiger partial charge in [-0.3, -0.25) is 9.59 Å². The molecule has 0 aliphatic heterocycles. The molecule has 0 saturated carbocycles. The number of rotatable bonds is 8. The molecular formula is C24H32N2O4. The van der Waals surface area contributed by atoms with E-state index in [1.807, 2.05) is 25.1 Å². The first-order valence-electron chi connectivity index (χ1n) is 10.3. The molecule has 0 unspecified atom stereocenters. The number of esters is 1. The third kappa shape index (κ3) is 7.50. The number of amides is 1. The van der Waals surface area contributed by atoms with Crippen molar-refractivity contribution in [3.63, 3.8) is 0 Å². The quantitative estimate of drug-likeness (QED) is 0.563. The number of nitrogens with zero attached hydrogens (tertiary/aromatic N) is 1. The smallest absolute Gasteiger partial charge is 0.307 e. The highest BCUT2D eigenvalue weighted by Gasteiger charge is 2.24. The number of pyridine rings is 1. The van der Waals surface area contributed by atoms with Crippen LogP contribution in [0.1, 0.15) is 65.9 Å². The molecular weight excluding hydrogens is 380 g/mol. The maximum absolute atomic E-state index is 12.5. The first kappa shape index (κ1) is 23.4. The van der Waals surface area contributed by atoms with Gasteiger partial charge in [-0.2, -0.15) is 0 Å². The predicted molar refractivity (Wildman–Crippen MR) is 118 cm³/mol. The summed E-state index contributed by atoms with van der Waals surface area (Å²) in [5, 5.41) is 2.81. The number of carbonyl (C=O) groups excluding carboxylic acids is 2. The summed E-state index contributed by atoms with van der Waals surface area (Å²) in [5.74, 6) is 0.489. The standard InChI is InChI=1S/C24H32N2O4/c1-7-17(14-22(27)30-24(4,5)6)23(28)26-19-11-12-21(25-15-19)29-20-10-8-9-18(13-20)16(2)3/h8-13,15-17H,7,14H2,1-6H3,(H,26,28)/t17-/m0/s1. The summed E-state index contributed by atoms with van der Waals surface area (Å²) >= 11 is 0. The summed E-state index contributed by atoms with van der Waals surface area (Å²) in [6.45, 7) is 11.5. The lowest BCUT2D eigenvalue weighted by Gasteiger charge is -2.21. The Morgan fingerprint density at radius 1 is 1.13 bits per heavy atom. The van der Waals surface area contributed by atoms with Crippen molar-refractivity contribution >= 4 is 17.6 Å². The fraction of sp³-hybridized carbons (Fsp3) is 0.458. The Kier molecular flexibility index (Phi) is 7.98. The molecule has 162 valence electrons. The lowest BCUT2D eigenvalue weighted by molar-refractivity contribution is -0.157. The summed E-state index contributed by atoms with van der Waals surface area (Å²) in [7, 11) is 0. The summed E-state index contributed by atoms with van der Waals surface area (Å²) in [4.78, 5) is 28.8. The van der Waals surface area contributed by atoms with Gasteiger partial charge in [0, 0.05) is 12.0 Å². The Balaban J connectivity index is 1.96. The summed E-state index contributed by atoms with van der Waals surface area (Å²) < 4.78 is 11.1. The van der Waals surface area contributed by atoms with Crippen LogP contribution in [0, 0.1) is 5.92 Å². The monoisotopic (exact) mass is 412 g/mol. The van der Waals surface area contributed by atoms with Crippen molar-refractivity contribution < 1.29 is 19.1 Å². The van der Waals surface area contributed by atoms with Crippen LogP contribution in [0.15, 0.2) is 42.6 Å². The molecule has 1 amide bonds. The molecule has 1 heterocycles. The predicted octanol–water partition coefficient (Wildman–Crippen LogP) is 5.69. The van der Waals surface area contributed by atoms with E-state index in [1.54, 1.807) is 39.1 Å². The molecule has 0 radical (unpaired) electrons. The van der Waals surface area contributed by atoms with Crippen LogP contribution in [0.3, 0.4) is 0 Å². The van der Waals surface area contributed by atoms with E-state index < -0.39 is 11.5 Å². The highest BCUT2D eigenvalue weighted by atomic mass is 16.6. The molecule has 0 aliphatic rings. The van der Waals surface area contributed by atoms with Gasteiger partial charge in [-0.25, -0.2) is 4.98 Å². The van der Waals surface area contributed by atoms with E-state index in [4.69, 9.17) is 9.47 Å². The van der Waals surface area contributed by atoms with Crippen molar-refractivity contribution in [3.05, 3.63) is 48.2 Å². The molecule has 0 aliphatic carbocycles. The van der Waals surface area contributed by atoms with E-state index >= 15 is 0 Å². The minimum atomic E-state index is -0.569. The first-order valence-corrected chi connectivity index (χ1v) is 10.3. The van der Waals surface area contributed by atoms with E-state index in [9.17, 15) is 9.59 Å². The zero-order chi connectivity index (χ0) is 22.3. The molecule has 30 heavy (non-hydrogen) atoms. The van der Waals surface area contributed by atoms with Gasteiger partial charge in [-0.15, -0.1) is 0 Å². The molecule has 2 rings (SSSR count). The SMILES string of the molecule is CC[C@@H](CC(=O)OC(C)(C)C)C(=O)Nc1ccc(Oc2cccc(C(C)C)c2)nc1. The molecule has 6 heteroatoms. The third-order valence-electron chi connectivity index (χ3n) is 4.45. The molecule has 0 fully saturated rings. The molecule has 0 spiro atoms. The molecule has 1 N–H and O–H groups in total. The largest absolute Gasteiger partial charge is 0.460 e. The van der Waals surface area contributed by atoms with Crippen molar-refractivity contribution in [1.29, 1.82) is 0 Å². The maximum atomic E-state index is 12.5. The van der Waals surface area contributed by atoms with Gasteiger partial charge in [-0.05, 0) is 56.9 Å². The Hall–Kier alpha value is -2.89. The van der Waals surface area contributed by atoms with Crippen LogP contribution in [0.2, 0.25) is 0 Å². The van der Waals surface area contributed by atoms with Crippen LogP contribution >= 0.6 is 0 Å². The zero-order valence-corrected chi connectivity index (χ0v) is 18.7. The van der Waals surface area contributed by atoms with E-state index in [0.717, 1.165) is 0 Å². The van der Waals surface area contributed by atoms with E-state index in [-0.39, 0.29) is 18.3 Å². The van der Waals surface area contributed by atoms with Crippen molar-refractivity contribution in [1.82, 2.24) is 4.98 Å². The highest BCUT2D eigenvalue weighted by Crippen LogP contribution is 2.25. The first-order chi connectivity index (χ1) is 14.1. The fourth-order valence-electron chi connectivity index (χ4n) is 2.82. The lowest BCUT2D eigenvalue weighted by Crippen LogP contribution is -2.29. The minimum absolute atomic E-state index is 0.0421. The molecule has 1 aromatic carbocycles. The van der Waals surface area contributed by atoms with Crippen molar-refractivity contribution in [3.8, 4) is 11.6 Å². The number of nitrogens with one attached hydrogen (secondary N) is 1. The van der Waals surface area contributed by atoms with Gasteiger partial charge in [0.1, 0.15) is 11.4 Å². The van der Waals surface area contributed by atoms with Gasteiger partial charge >= 0.3 is 5.97 Å². The molecule has 6 nitrogen and oxygen atoms in total. The Labute approximate surface area is 179 Å². The average Bonchev–Trinajstić information content (AvgIpc) is 2.66. The molecule has 0 saturated heterocycles. The summed E-state index contributed by atoms with van der Waals surface area (Å²) in [6.07, 6.45) is 2.12. The minimum Gasteiger partial charge on any atom is -0.460 e. The summed E-state index contributed by atoms with van der Waals surface area (Å²) in [5.41, 5.74) is 1.17. The van der Waals surface area contributed by atoms with E-state index in [1.165, 1.54) is 5.56 Å². The van der Waals surface area contributed by atoms with Crippen molar-refractivity contribution in [2.75, 3.05) is 5.32 Å². The van der Waals surface area contributed by atoms with Crippen LogP contribution in [0.25, 0.3) is 0 Å². The van der Waals surface area contributed by atoms with Crippen LogP contribution in [-0.2, 0) is 14.3 Å². The van der Waals surface area contributed by atoms with Crippen LogP contribution in [-0.4, -0.2) is 22.5 Å². The van der Waals surface area contributed by atoms with Gasteiger partial charge < -0.3 is 14.8 Å². The number of carbonyl (C=O) groups is 2. The van der Waals surface area contributed by atoms with Gasteiger partial charge in [-0.1, -0.05) is 32.9 Å². The number of aromatic nitrogens is 1. The van der Waals surface area contributed by atoms with Crippen LogP contribution < -0.4 is 10.1 Å². The Morgan fingerprint density at radius 2 is 1.87 bits per heavy atom. The van der Waals surface area contributed by atoms with E-state index in [0.29, 0.717) is 29.7 Å². The lowest BCUT2D eigenvalue weighted by atomic mass is 10.0. The number of anilines is 1. The van der Waals surface area contributed by atoms with Crippen LogP contribution in [0.4, 0.5) is 5.69 Å². The Morgan fingerprint density at radius 3 is 2.43 bits per heavy atom. The number of hydrogen-bond donors (Lipinski definition) is 1. The van der Waals surface area contributed by atoms with Crippen molar-refractivity contribution in [2.24, 2.45) is 5.92 Å². The second kappa shape index (κ2) is 10.2. The maximum Gasteiger partial charge on any atom is 0.307 e. The van der Waals surface area contributed by atoms with Gasteiger partial charge in [0.2, 0.25) is 11.8 Å². The second-order valence-corrected chi connectivity index (χ2v) is 8.60. The van der Waals surface area contributed by atoms with Gasteiger partial charge in [0.15, 0.2) is 0 Å². The number of benzene rings is 1. The summed E-state index contributed by atoms with van der Waals surface area (Å²) in [6, 6.07) is 11.3. The topological polar surface area (TPSA) is 77.5 Å². The average molecular weight is 413 g/mol. The highest BCUT2D eigenvalue weighted by molar-refractivity contribution is 5.94. The second-order valence-electron chi connectivity index (χ2n) is 8.60. The molecule has 1 aromatic heterocycles. The zero-order valence-electron chi connectivity index (χ0n) is 18.7. The van der Waals surface area contributed by atoms with Gasteiger partial charge in [0.05, 0.1) is 18.3 Å². The molecule has 0 bridgehead atoms. The third-order valence-corrected chi connectivity index (χ3v) is 4.45. The normalized spacial score (nSPS) is 12.4. The number of ether oxygens (including phenoxy) is 2. The van der Waals surface area contributed by atoms with E-state index in [2.05, 4.69) is 30.2 Å². The molecule has 2 aromatic rings. The fourth-order valence-corrected chi connectivity index (χ4v) is 2.82. The Bertz CT molecular complexity index is 854. The molecule has 1 atom stereocenters.